The molecule has 4 nitrogen and oxygen atoms in total. The second-order valence-electron chi connectivity index (χ2n) is 5.32. The monoisotopic (exact) mass is 410 g/mol. The Balaban J connectivity index is 1.54. The molecule has 0 aliphatic carbocycles. The number of benzene rings is 2. The standard InChI is InChI=1S/C18H13Cl2FN2O2S/c19-11-1-4-14(5-2-11)25-9-18-22-13(10-26-18)8-17(24)23-16-6-3-12(21)7-15(16)20/h1-7,10H,8-9H2,(H,23,24). The normalized spacial score (nSPS) is 10.6. The van der Waals surface area contributed by atoms with Crippen molar-refractivity contribution < 1.29 is 13.9 Å². The highest BCUT2D eigenvalue weighted by atomic mass is 35.5. The van der Waals surface area contributed by atoms with E-state index in [9.17, 15) is 9.18 Å². The molecule has 0 spiro atoms. The van der Waals surface area contributed by atoms with Crippen LogP contribution in [0.1, 0.15) is 10.7 Å². The first-order valence-electron chi connectivity index (χ1n) is 7.56. The van der Waals surface area contributed by atoms with Gasteiger partial charge in [-0.1, -0.05) is 23.2 Å². The Labute approximate surface area is 163 Å². The molecule has 8 heteroatoms. The molecule has 0 aliphatic rings. The number of hydrogen-bond donors (Lipinski definition) is 1. The molecule has 0 aliphatic heterocycles. The van der Waals surface area contributed by atoms with Gasteiger partial charge in [-0.2, -0.15) is 0 Å². The van der Waals surface area contributed by atoms with Gasteiger partial charge in [0.2, 0.25) is 5.91 Å². The van der Waals surface area contributed by atoms with Crippen LogP contribution in [0.4, 0.5) is 10.1 Å². The van der Waals surface area contributed by atoms with Gasteiger partial charge in [-0.3, -0.25) is 4.79 Å². The van der Waals surface area contributed by atoms with Crippen LogP contribution < -0.4 is 10.1 Å². The van der Waals surface area contributed by atoms with Crippen LogP contribution in [0.5, 0.6) is 5.75 Å². The van der Waals surface area contributed by atoms with Crippen molar-refractivity contribution in [2.75, 3.05) is 5.32 Å². The zero-order valence-electron chi connectivity index (χ0n) is 13.3. The predicted molar refractivity (Wildman–Crippen MR) is 102 cm³/mol. The van der Waals surface area contributed by atoms with Crippen LogP contribution in [0.3, 0.4) is 0 Å². The molecule has 134 valence electrons. The van der Waals surface area contributed by atoms with Gasteiger partial charge in [-0.25, -0.2) is 9.37 Å². The second kappa shape index (κ2) is 8.49. The molecule has 0 radical (unpaired) electrons. The van der Waals surface area contributed by atoms with E-state index < -0.39 is 5.82 Å². The first-order valence-corrected chi connectivity index (χ1v) is 9.20. The molecule has 0 fully saturated rings. The number of carbonyl (C=O) groups is 1. The highest BCUT2D eigenvalue weighted by Crippen LogP contribution is 2.23. The highest BCUT2D eigenvalue weighted by molar-refractivity contribution is 7.09. The molecule has 1 amide bonds. The van der Waals surface area contributed by atoms with Gasteiger partial charge in [0.05, 0.1) is 22.8 Å². The molecule has 3 rings (SSSR count). The number of nitrogens with one attached hydrogen (secondary N) is 1. The van der Waals surface area contributed by atoms with Gasteiger partial charge in [0.15, 0.2) is 0 Å². The van der Waals surface area contributed by atoms with Crippen molar-refractivity contribution in [2.45, 2.75) is 13.0 Å². The number of ether oxygens (including phenoxy) is 1. The summed E-state index contributed by atoms with van der Waals surface area (Å²) in [6.07, 6.45) is 0.0884. The lowest BCUT2D eigenvalue weighted by Gasteiger charge is -2.06. The maximum absolute atomic E-state index is 13.0. The van der Waals surface area contributed by atoms with E-state index in [-0.39, 0.29) is 17.4 Å². The van der Waals surface area contributed by atoms with Gasteiger partial charge < -0.3 is 10.1 Å². The molecule has 26 heavy (non-hydrogen) atoms. The van der Waals surface area contributed by atoms with Gasteiger partial charge in [-0.15, -0.1) is 11.3 Å². The minimum Gasteiger partial charge on any atom is -0.486 e. The zero-order valence-corrected chi connectivity index (χ0v) is 15.7. The quantitative estimate of drug-likeness (QED) is 0.595. The van der Waals surface area contributed by atoms with Crippen LogP contribution in [0.15, 0.2) is 47.8 Å². The van der Waals surface area contributed by atoms with E-state index in [4.69, 9.17) is 27.9 Å². The molecule has 0 unspecified atom stereocenters. The fourth-order valence-corrected chi connectivity index (χ4v) is 3.17. The number of aromatic nitrogens is 1. The van der Waals surface area contributed by atoms with E-state index in [1.807, 2.05) is 0 Å². The van der Waals surface area contributed by atoms with Crippen molar-refractivity contribution in [3.63, 3.8) is 0 Å². The Hall–Kier alpha value is -2.15. The molecule has 0 saturated carbocycles. The number of carbonyl (C=O) groups excluding carboxylic acids is 1. The summed E-state index contributed by atoms with van der Waals surface area (Å²) in [5.41, 5.74) is 0.986. The number of nitrogens with zero attached hydrogens (tertiary/aromatic N) is 1. The molecule has 1 aromatic heterocycles. The van der Waals surface area contributed by atoms with Crippen LogP contribution >= 0.6 is 34.5 Å². The Bertz CT molecular complexity index is 916. The van der Waals surface area contributed by atoms with E-state index in [1.54, 1.807) is 29.6 Å². The van der Waals surface area contributed by atoms with Crippen LogP contribution in [-0.4, -0.2) is 10.9 Å². The lowest BCUT2D eigenvalue weighted by atomic mass is 10.2. The van der Waals surface area contributed by atoms with E-state index in [2.05, 4.69) is 10.3 Å². The van der Waals surface area contributed by atoms with Crippen LogP contribution in [-0.2, 0) is 17.8 Å². The number of anilines is 1. The molecule has 3 aromatic rings. The summed E-state index contributed by atoms with van der Waals surface area (Å²) in [5.74, 6) is -0.0540. The van der Waals surface area contributed by atoms with Gasteiger partial charge in [0.1, 0.15) is 23.2 Å². The van der Waals surface area contributed by atoms with Gasteiger partial charge >= 0.3 is 0 Å². The number of halogens is 3. The Morgan fingerprint density at radius 2 is 1.96 bits per heavy atom. The fourth-order valence-electron chi connectivity index (χ4n) is 2.12. The Morgan fingerprint density at radius 3 is 2.69 bits per heavy atom. The summed E-state index contributed by atoms with van der Waals surface area (Å²) < 4.78 is 18.6. The first-order chi connectivity index (χ1) is 12.5. The zero-order chi connectivity index (χ0) is 18.5. The Kier molecular flexibility index (Phi) is 6.08. The summed E-state index contributed by atoms with van der Waals surface area (Å²) >= 11 is 13.1. The summed E-state index contributed by atoms with van der Waals surface area (Å²) in [6, 6.07) is 10.8. The maximum Gasteiger partial charge on any atom is 0.230 e. The minimum absolute atomic E-state index is 0.0884. The number of rotatable bonds is 6. The summed E-state index contributed by atoms with van der Waals surface area (Å²) in [5, 5.41) is 5.98. The molecule has 2 aromatic carbocycles. The maximum atomic E-state index is 13.0. The third-order valence-electron chi connectivity index (χ3n) is 3.32. The van der Waals surface area contributed by atoms with Gasteiger partial charge in [-0.05, 0) is 42.5 Å². The second-order valence-corrected chi connectivity index (χ2v) is 7.11. The van der Waals surface area contributed by atoms with Crippen LogP contribution in [0.25, 0.3) is 0 Å². The van der Waals surface area contributed by atoms with E-state index in [0.717, 1.165) is 11.1 Å². The third-order valence-corrected chi connectivity index (χ3v) is 4.76. The predicted octanol–water partition coefficient (Wildman–Crippen LogP) is 5.35. The summed E-state index contributed by atoms with van der Waals surface area (Å²) in [6.45, 7) is 0.303. The van der Waals surface area contributed by atoms with Crippen molar-refractivity contribution in [3.8, 4) is 5.75 Å². The van der Waals surface area contributed by atoms with Gasteiger partial charge in [0.25, 0.3) is 0 Å². The summed E-state index contributed by atoms with van der Waals surface area (Å²) in [7, 11) is 0. The number of thiazole rings is 1. The first kappa shape index (κ1) is 18.6. The molecule has 1 heterocycles. The average Bonchev–Trinajstić information content (AvgIpc) is 3.04. The van der Waals surface area contributed by atoms with E-state index >= 15 is 0 Å². The largest absolute Gasteiger partial charge is 0.486 e. The minimum atomic E-state index is -0.460. The van der Waals surface area contributed by atoms with E-state index in [1.165, 1.54) is 23.5 Å². The summed E-state index contributed by atoms with van der Waals surface area (Å²) in [4.78, 5) is 16.5. The molecule has 0 atom stereocenters. The average molecular weight is 411 g/mol. The SMILES string of the molecule is O=C(Cc1csc(COc2ccc(Cl)cc2)n1)Nc1ccc(F)cc1Cl. The highest BCUT2D eigenvalue weighted by Gasteiger charge is 2.11. The lowest BCUT2D eigenvalue weighted by molar-refractivity contribution is -0.115. The molecular weight excluding hydrogens is 398 g/mol. The van der Waals surface area contributed by atoms with Gasteiger partial charge in [0, 0.05) is 10.4 Å². The van der Waals surface area contributed by atoms with Crippen molar-refractivity contribution in [3.05, 3.63) is 74.4 Å². The molecule has 1 N–H and O–H groups in total. The topological polar surface area (TPSA) is 51.2 Å². The number of hydrogen-bond acceptors (Lipinski definition) is 4. The van der Waals surface area contributed by atoms with Crippen molar-refractivity contribution in [2.24, 2.45) is 0 Å². The molecule has 0 saturated heterocycles. The fraction of sp³-hybridized carbons (Fsp3) is 0.111. The van der Waals surface area contributed by atoms with E-state index in [0.29, 0.717) is 28.8 Å². The number of amides is 1. The van der Waals surface area contributed by atoms with Crippen molar-refractivity contribution >= 4 is 46.1 Å². The lowest BCUT2D eigenvalue weighted by Crippen LogP contribution is -2.15. The molecule has 0 bridgehead atoms. The molecular formula is C18H13Cl2FN2O2S. The van der Waals surface area contributed by atoms with Crippen LogP contribution in [0.2, 0.25) is 10.0 Å². The third kappa shape index (κ3) is 5.17. The Morgan fingerprint density at radius 1 is 1.19 bits per heavy atom. The van der Waals surface area contributed by atoms with Crippen molar-refractivity contribution in [1.29, 1.82) is 0 Å². The van der Waals surface area contributed by atoms with Crippen molar-refractivity contribution in [1.82, 2.24) is 4.98 Å². The smallest absolute Gasteiger partial charge is 0.230 e. The van der Waals surface area contributed by atoms with Crippen LogP contribution in [0, 0.1) is 5.82 Å².